The van der Waals surface area contributed by atoms with Gasteiger partial charge in [0.2, 0.25) is 0 Å². The molecule has 146 valence electrons. The van der Waals surface area contributed by atoms with Gasteiger partial charge >= 0.3 is 18.3 Å². The SMILES string of the molecule is COC(=O)C(C/C=C/c1c(OC)cccc1OC)(C(F)(F)F)C(F)(F)F. The highest BCUT2D eigenvalue weighted by molar-refractivity contribution is 5.79. The maximum Gasteiger partial charge on any atom is 0.414 e. The van der Waals surface area contributed by atoms with Crippen LogP contribution in [0.4, 0.5) is 26.3 Å². The maximum atomic E-state index is 13.2. The van der Waals surface area contributed by atoms with E-state index in [0.29, 0.717) is 13.2 Å². The second-order valence-corrected chi connectivity index (χ2v) is 5.08. The molecule has 0 atom stereocenters. The van der Waals surface area contributed by atoms with E-state index in [4.69, 9.17) is 9.47 Å². The Kier molecular flexibility index (Phi) is 6.56. The molecule has 0 bridgehead atoms. The van der Waals surface area contributed by atoms with Gasteiger partial charge in [-0.25, -0.2) is 0 Å². The topological polar surface area (TPSA) is 44.8 Å². The minimum atomic E-state index is -5.91. The summed E-state index contributed by atoms with van der Waals surface area (Å²) in [7, 11) is 3.01. The summed E-state index contributed by atoms with van der Waals surface area (Å²) in [5.74, 6) is -2.10. The number of hydrogen-bond acceptors (Lipinski definition) is 4. The van der Waals surface area contributed by atoms with Crippen LogP contribution in [0.1, 0.15) is 12.0 Å². The number of carbonyl (C=O) groups excluding carboxylic acids is 1. The first-order chi connectivity index (χ1) is 12.0. The van der Waals surface area contributed by atoms with Crippen molar-refractivity contribution in [3.8, 4) is 11.5 Å². The third kappa shape index (κ3) is 3.88. The van der Waals surface area contributed by atoms with Gasteiger partial charge in [0, 0.05) is 0 Å². The molecule has 0 heterocycles. The van der Waals surface area contributed by atoms with Gasteiger partial charge in [0.25, 0.3) is 5.41 Å². The van der Waals surface area contributed by atoms with Crippen molar-refractivity contribution in [2.24, 2.45) is 5.41 Å². The number of ether oxygens (including phenoxy) is 3. The third-order valence-corrected chi connectivity index (χ3v) is 3.68. The molecule has 4 nitrogen and oxygen atoms in total. The number of hydrogen-bond donors (Lipinski definition) is 0. The van der Waals surface area contributed by atoms with Gasteiger partial charge in [-0.1, -0.05) is 18.2 Å². The van der Waals surface area contributed by atoms with Gasteiger partial charge in [0.15, 0.2) is 0 Å². The number of methoxy groups -OCH3 is 3. The highest BCUT2D eigenvalue weighted by Gasteiger charge is 2.75. The summed E-state index contributed by atoms with van der Waals surface area (Å²) >= 11 is 0. The van der Waals surface area contributed by atoms with Crippen molar-refractivity contribution in [2.75, 3.05) is 21.3 Å². The first-order valence-corrected chi connectivity index (χ1v) is 7.05. The van der Waals surface area contributed by atoms with Crippen molar-refractivity contribution < 1.29 is 45.3 Å². The number of benzene rings is 1. The fourth-order valence-electron chi connectivity index (χ4n) is 2.28. The number of carbonyl (C=O) groups is 1. The van der Waals surface area contributed by atoms with E-state index in [1.54, 1.807) is 0 Å². The lowest BCUT2D eigenvalue weighted by molar-refractivity contribution is -0.330. The fourth-order valence-corrected chi connectivity index (χ4v) is 2.28. The van der Waals surface area contributed by atoms with Crippen LogP contribution in [0.5, 0.6) is 11.5 Å². The maximum absolute atomic E-state index is 13.2. The molecular weight excluding hydrogens is 370 g/mol. The average Bonchev–Trinajstić information content (AvgIpc) is 2.55. The minimum Gasteiger partial charge on any atom is -0.496 e. The molecule has 1 rings (SSSR count). The highest BCUT2D eigenvalue weighted by Crippen LogP contribution is 2.53. The summed E-state index contributed by atoms with van der Waals surface area (Å²) in [5.41, 5.74) is -4.55. The van der Waals surface area contributed by atoms with Gasteiger partial charge in [0.05, 0.1) is 26.9 Å². The van der Waals surface area contributed by atoms with E-state index in [0.717, 1.165) is 6.08 Å². The normalized spacial score (nSPS) is 13.0. The zero-order valence-corrected chi connectivity index (χ0v) is 14.0. The molecule has 0 spiro atoms. The Balaban J connectivity index is 3.40. The van der Waals surface area contributed by atoms with Crippen molar-refractivity contribution in [3.05, 3.63) is 29.8 Å². The molecule has 0 saturated heterocycles. The van der Waals surface area contributed by atoms with Crippen LogP contribution in [-0.2, 0) is 9.53 Å². The number of halogens is 6. The van der Waals surface area contributed by atoms with Gasteiger partial charge in [-0.3, -0.25) is 4.79 Å². The molecule has 10 heteroatoms. The van der Waals surface area contributed by atoms with E-state index in [1.807, 2.05) is 0 Å². The second kappa shape index (κ2) is 7.88. The van der Waals surface area contributed by atoms with Crippen LogP contribution in [0.2, 0.25) is 0 Å². The van der Waals surface area contributed by atoms with E-state index in [2.05, 4.69) is 4.74 Å². The monoisotopic (exact) mass is 386 g/mol. The van der Waals surface area contributed by atoms with Gasteiger partial charge in [-0.15, -0.1) is 0 Å². The zero-order chi connectivity index (χ0) is 20.2. The molecule has 0 saturated carbocycles. The van der Waals surface area contributed by atoms with E-state index >= 15 is 0 Å². The van der Waals surface area contributed by atoms with Crippen molar-refractivity contribution >= 4 is 12.0 Å². The molecule has 0 amide bonds. The molecule has 0 aliphatic heterocycles. The van der Waals surface area contributed by atoms with E-state index < -0.39 is 30.2 Å². The van der Waals surface area contributed by atoms with Crippen molar-refractivity contribution in [1.29, 1.82) is 0 Å². The first kappa shape index (κ1) is 21.7. The molecule has 0 fully saturated rings. The molecule has 0 N–H and O–H groups in total. The predicted molar refractivity (Wildman–Crippen MR) is 79.8 cm³/mol. The molecule has 0 radical (unpaired) electrons. The molecule has 0 aliphatic carbocycles. The molecule has 26 heavy (non-hydrogen) atoms. The smallest absolute Gasteiger partial charge is 0.414 e. The summed E-state index contributed by atoms with van der Waals surface area (Å²) < 4.78 is 93.1. The van der Waals surface area contributed by atoms with Crippen molar-refractivity contribution in [2.45, 2.75) is 18.8 Å². The molecule has 1 aromatic carbocycles. The Bertz CT molecular complexity index is 627. The Morgan fingerprint density at radius 3 is 1.77 bits per heavy atom. The van der Waals surface area contributed by atoms with Crippen molar-refractivity contribution in [3.63, 3.8) is 0 Å². The Morgan fingerprint density at radius 2 is 1.42 bits per heavy atom. The largest absolute Gasteiger partial charge is 0.496 e. The molecule has 0 aromatic heterocycles. The van der Waals surface area contributed by atoms with Crippen LogP contribution < -0.4 is 9.47 Å². The minimum absolute atomic E-state index is 0.126. The Morgan fingerprint density at radius 1 is 0.962 bits per heavy atom. The van der Waals surface area contributed by atoms with Crippen LogP contribution in [-0.4, -0.2) is 39.7 Å². The van der Waals surface area contributed by atoms with E-state index in [-0.39, 0.29) is 17.1 Å². The van der Waals surface area contributed by atoms with Crippen LogP contribution in [0.3, 0.4) is 0 Å². The molecule has 0 unspecified atom stereocenters. The summed E-state index contributed by atoms with van der Waals surface area (Å²) in [5, 5.41) is 0. The van der Waals surface area contributed by atoms with Crippen LogP contribution in [0.25, 0.3) is 6.08 Å². The lowest BCUT2D eigenvalue weighted by atomic mass is 9.82. The standard InChI is InChI=1S/C16H16F6O4/c1-24-11-7-4-8-12(25-2)10(11)6-5-9-14(13(23)26-3,15(17,18)19)16(20,21)22/h4-8H,9H2,1-3H3/b6-5+. The molecule has 0 aliphatic rings. The first-order valence-electron chi connectivity index (χ1n) is 7.05. The van der Waals surface area contributed by atoms with Gasteiger partial charge in [-0.05, 0) is 18.6 Å². The highest BCUT2D eigenvalue weighted by atomic mass is 19.4. The number of alkyl halides is 6. The van der Waals surface area contributed by atoms with Gasteiger partial charge in [-0.2, -0.15) is 26.3 Å². The van der Waals surface area contributed by atoms with E-state index in [9.17, 15) is 31.1 Å². The second-order valence-electron chi connectivity index (χ2n) is 5.08. The number of rotatable bonds is 6. The van der Waals surface area contributed by atoms with Gasteiger partial charge < -0.3 is 14.2 Å². The number of allylic oxidation sites excluding steroid dienone is 1. The summed E-state index contributed by atoms with van der Waals surface area (Å²) in [6.07, 6.45) is -12.0. The Hall–Kier alpha value is -2.39. The van der Waals surface area contributed by atoms with Crippen LogP contribution >= 0.6 is 0 Å². The Labute approximate surface area is 145 Å². The fraction of sp³-hybridized carbons (Fsp3) is 0.438. The zero-order valence-electron chi connectivity index (χ0n) is 14.0. The molecule has 1 aromatic rings. The van der Waals surface area contributed by atoms with Crippen molar-refractivity contribution in [1.82, 2.24) is 0 Å². The van der Waals surface area contributed by atoms with E-state index in [1.165, 1.54) is 32.4 Å². The summed E-state index contributed by atoms with van der Waals surface area (Å²) in [6.45, 7) is 0. The summed E-state index contributed by atoms with van der Waals surface area (Å²) in [4.78, 5) is 11.5. The quantitative estimate of drug-likeness (QED) is 0.537. The number of esters is 1. The summed E-state index contributed by atoms with van der Waals surface area (Å²) in [6, 6.07) is 4.42. The van der Waals surface area contributed by atoms with Crippen LogP contribution in [0.15, 0.2) is 24.3 Å². The molecular formula is C16H16F6O4. The van der Waals surface area contributed by atoms with Crippen LogP contribution in [0, 0.1) is 5.41 Å². The van der Waals surface area contributed by atoms with Gasteiger partial charge in [0.1, 0.15) is 11.5 Å². The predicted octanol–water partition coefficient (Wildman–Crippen LogP) is 4.39. The third-order valence-electron chi connectivity index (χ3n) is 3.68. The lowest BCUT2D eigenvalue weighted by Gasteiger charge is -2.33. The average molecular weight is 386 g/mol. The lowest BCUT2D eigenvalue weighted by Crippen LogP contribution is -2.55.